The fourth-order valence-electron chi connectivity index (χ4n) is 1.65. The summed E-state index contributed by atoms with van der Waals surface area (Å²) in [5.41, 5.74) is 9.30. The highest BCUT2D eigenvalue weighted by molar-refractivity contribution is 9.10. The van der Waals surface area contributed by atoms with Gasteiger partial charge in [0, 0.05) is 17.1 Å². The monoisotopic (exact) mass is 276 g/mol. The summed E-state index contributed by atoms with van der Waals surface area (Å²) in [6.07, 6.45) is 2.61. The molecule has 0 atom stereocenters. The van der Waals surface area contributed by atoms with Gasteiger partial charge in [-0.3, -0.25) is 0 Å². The lowest BCUT2D eigenvalue weighted by atomic mass is 10.0. The van der Waals surface area contributed by atoms with E-state index < -0.39 is 0 Å². The normalized spacial score (nSPS) is 10.4. The van der Waals surface area contributed by atoms with Gasteiger partial charge in [0.25, 0.3) is 0 Å². The molecule has 2 N–H and O–H groups in total. The maximum absolute atomic E-state index is 5.85. The molecule has 0 amide bonds. The molecule has 0 fully saturated rings. The Balaban J connectivity index is 2.30. The Labute approximate surface area is 104 Å². The van der Waals surface area contributed by atoms with Gasteiger partial charge in [0.2, 0.25) is 0 Å². The van der Waals surface area contributed by atoms with Crippen molar-refractivity contribution < 1.29 is 0 Å². The van der Waals surface area contributed by atoms with Gasteiger partial charge in [-0.25, -0.2) is 4.98 Å². The van der Waals surface area contributed by atoms with Gasteiger partial charge in [-0.2, -0.15) is 0 Å². The van der Waals surface area contributed by atoms with Crippen molar-refractivity contribution in [2.24, 2.45) is 0 Å². The number of aromatic nitrogens is 1. The summed E-state index contributed by atoms with van der Waals surface area (Å²) in [4.78, 5) is 4.16. The highest BCUT2D eigenvalue weighted by Gasteiger charge is 2.02. The van der Waals surface area contributed by atoms with Gasteiger partial charge >= 0.3 is 0 Å². The molecule has 3 heteroatoms. The Morgan fingerprint density at radius 1 is 1.31 bits per heavy atom. The molecule has 1 heterocycles. The van der Waals surface area contributed by atoms with Crippen LogP contribution >= 0.6 is 15.9 Å². The van der Waals surface area contributed by atoms with E-state index in [-0.39, 0.29) is 0 Å². The predicted octanol–water partition coefficient (Wildman–Crippen LogP) is 3.33. The van der Waals surface area contributed by atoms with Gasteiger partial charge in [-0.15, -0.1) is 0 Å². The second-order valence-electron chi connectivity index (χ2n) is 3.86. The van der Waals surface area contributed by atoms with Crippen LogP contribution in [0, 0.1) is 6.92 Å². The maximum Gasteiger partial charge on any atom is 0.126 e. The van der Waals surface area contributed by atoms with Gasteiger partial charge in [0.15, 0.2) is 0 Å². The summed E-state index contributed by atoms with van der Waals surface area (Å²) in [5.74, 6) is 0.616. The first-order valence-electron chi connectivity index (χ1n) is 5.10. The van der Waals surface area contributed by atoms with E-state index in [4.69, 9.17) is 5.73 Å². The molecule has 0 radical (unpaired) electrons. The highest BCUT2D eigenvalue weighted by atomic mass is 79.9. The zero-order valence-corrected chi connectivity index (χ0v) is 10.7. The Hall–Kier alpha value is -1.35. The number of benzene rings is 1. The van der Waals surface area contributed by atoms with Crippen LogP contribution in [0.25, 0.3) is 0 Å². The smallest absolute Gasteiger partial charge is 0.126 e. The highest BCUT2D eigenvalue weighted by Crippen LogP contribution is 2.18. The van der Waals surface area contributed by atoms with Gasteiger partial charge < -0.3 is 5.73 Å². The number of nitrogen functional groups attached to an aromatic ring is 1. The molecule has 1 aromatic heterocycles. The van der Waals surface area contributed by atoms with E-state index in [0.29, 0.717) is 5.82 Å². The van der Waals surface area contributed by atoms with Gasteiger partial charge in [-0.1, -0.05) is 34.1 Å². The number of nitrogens with zero attached hydrogens (tertiary/aromatic N) is 1. The van der Waals surface area contributed by atoms with E-state index in [9.17, 15) is 0 Å². The number of halogens is 1. The zero-order chi connectivity index (χ0) is 11.5. The van der Waals surface area contributed by atoms with Crippen molar-refractivity contribution >= 4 is 21.7 Å². The Kier molecular flexibility index (Phi) is 3.25. The Bertz CT molecular complexity index is 509. The summed E-state index contributed by atoms with van der Waals surface area (Å²) in [5, 5.41) is 0. The first-order valence-corrected chi connectivity index (χ1v) is 5.90. The lowest BCUT2D eigenvalue weighted by molar-refractivity contribution is 1.13. The van der Waals surface area contributed by atoms with Crippen LogP contribution in [0.2, 0.25) is 0 Å². The summed E-state index contributed by atoms with van der Waals surface area (Å²) in [6.45, 7) is 2.02. The number of hydrogen-bond donors (Lipinski definition) is 1. The molecule has 0 aliphatic heterocycles. The summed E-state index contributed by atoms with van der Waals surface area (Å²) in [7, 11) is 0. The number of anilines is 1. The Morgan fingerprint density at radius 2 is 2.12 bits per heavy atom. The fourth-order valence-corrected chi connectivity index (χ4v) is 2.10. The van der Waals surface area contributed by atoms with Crippen molar-refractivity contribution in [1.29, 1.82) is 0 Å². The second-order valence-corrected chi connectivity index (χ2v) is 4.78. The minimum atomic E-state index is 0.616. The van der Waals surface area contributed by atoms with Crippen molar-refractivity contribution in [3.05, 3.63) is 57.7 Å². The third kappa shape index (κ3) is 2.61. The predicted molar refractivity (Wildman–Crippen MR) is 70.3 cm³/mol. The van der Waals surface area contributed by atoms with Crippen LogP contribution in [0.3, 0.4) is 0 Å². The second kappa shape index (κ2) is 4.66. The molecule has 82 valence electrons. The third-order valence-corrected chi connectivity index (χ3v) is 2.92. The molecule has 0 bridgehead atoms. The minimum absolute atomic E-state index is 0.616. The molecule has 0 aliphatic rings. The molecule has 2 rings (SSSR count). The molecule has 2 aromatic rings. The first kappa shape index (κ1) is 11.1. The maximum atomic E-state index is 5.85. The van der Waals surface area contributed by atoms with Crippen molar-refractivity contribution in [1.82, 2.24) is 4.98 Å². The van der Waals surface area contributed by atoms with Crippen molar-refractivity contribution in [3.8, 4) is 0 Å². The van der Waals surface area contributed by atoms with E-state index in [1.165, 1.54) is 5.56 Å². The van der Waals surface area contributed by atoms with Crippen molar-refractivity contribution in [3.63, 3.8) is 0 Å². The number of aryl methyl sites for hydroxylation is 1. The van der Waals surface area contributed by atoms with Gasteiger partial charge in [0.1, 0.15) is 5.82 Å². The van der Waals surface area contributed by atoms with Crippen LogP contribution in [-0.2, 0) is 6.42 Å². The van der Waals surface area contributed by atoms with Crippen molar-refractivity contribution in [2.45, 2.75) is 13.3 Å². The third-order valence-electron chi connectivity index (χ3n) is 2.42. The SMILES string of the molecule is Cc1cnc(N)c(Cc2cccc(Br)c2)c1. The number of nitrogens with two attached hydrogens (primary N) is 1. The van der Waals surface area contributed by atoms with Crippen LogP contribution in [0.4, 0.5) is 5.82 Å². The molecule has 2 nitrogen and oxygen atoms in total. The van der Waals surface area contributed by atoms with E-state index in [1.54, 1.807) is 6.20 Å². The van der Waals surface area contributed by atoms with E-state index in [2.05, 4.69) is 39.1 Å². The molecule has 0 aliphatic carbocycles. The molecule has 1 aromatic carbocycles. The average molecular weight is 277 g/mol. The average Bonchev–Trinajstić information content (AvgIpc) is 2.24. The molecule has 0 unspecified atom stereocenters. The molecular weight excluding hydrogens is 264 g/mol. The van der Waals surface area contributed by atoms with Gasteiger partial charge in [-0.05, 0) is 35.7 Å². The number of hydrogen-bond acceptors (Lipinski definition) is 2. The van der Waals surface area contributed by atoms with Crippen molar-refractivity contribution in [2.75, 3.05) is 5.73 Å². The summed E-state index contributed by atoms with van der Waals surface area (Å²) >= 11 is 3.46. The minimum Gasteiger partial charge on any atom is -0.383 e. The van der Waals surface area contributed by atoms with Gasteiger partial charge in [0.05, 0.1) is 0 Å². The number of pyridine rings is 1. The lowest BCUT2D eigenvalue weighted by Crippen LogP contribution is -1.99. The van der Waals surface area contributed by atoms with E-state index in [0.717, 1.165) is 22.0 Å². The molecule has 16 heavy (non-hydrogen) atoms. The molecular formula is C13H13BrN2. The standard InChI is InChI=1S/C13H13BrN2/c1-9-5-11(13(15)16-8-9)6-10-3-2-4-12(14)7-10/h2-5,7-8H,6H2,1H3,(H2,15,16). The summed E-state index contributed by atoms with van der Waals surface area (Å²) in [6, 6.07) is 10.3. The van der Waals surface area contributed by atoms with Crippen LogP contribution in [0.1, 0.15) is 16.7 Å². The quantitative estimate of drug-likeness (QED) is 0.914. The first-order chi connectivity index (χ1) is 7.65. The zero-order valence-electron chi connectivity index (χ0n) is 9.07. The topological polar surface area (TPSA) is 38.9 Å². The van der Waals surface area contributed by atoms with Crippen LogP contribution in [0.5, 0.6) is 0 Å². The van der Waals surface area contributed by atoms with Crippen LogP contribution in [0.15, 0.2) is 41.0 Å². The van der Waals surface area contributed by atoms with Crippen LogP contribution in [-0.4, -0.2) is 4.98 Å². The lowest BCUT2D eigenvalue weighted by Gasteiger charge is -2.06. The molecule has 0 saturated carbocycles. The van der Waals surface area contributed by atoms with E-state index >= 15 is 0 Å². The fraction of sp³-hybridized carbons (Fsp3) is 0.154. The largest absolute Gasteiger partial charge is 0.383 e. The number of rotatable bonds is 2. The van der Waals surface area contributed by atoms with E-state index in [1.807, 2.05) is 19.1 Å². The molecule has 0 saturated heterocycles. The molecule has 0 spiro atoms. The summed E-state index contributed by atoms with van der Waals surface area (Å²) < 4.78 is 1.09. The van der Waals surface area contributed by atoms with Crippen LogP contribution < -0.4 is 5.73 Å². The Morgan fingerprint density at radius 3 is 2.88 bits per heavy atom.